The number of hydrogen-bond donors (Lipinski definition) is 0. The van der Waals surface area contributed by atoms with Crippen LogP contribution in [0.4, 0.5) is 14.9 Å². The molecule has 12 heteroatoms. The van der Waals surface area contributed by atoms with Crippen LogP contribution in [0, 0.1) is 22.9 Å². The second-order valence-electron chi connectivity index (χ2n) is 8.28. The third kappa shape index (κ3) is 5.81. The van der Waals surface area contributed by atoms with Gasteiger partial charge in [-0.1, -0.05) is 0 Å². The monoisotopic (exact) mass is 534 g/mol. The first-order valence-electron chi connectivity index (χ1n) is 9.93. The second kappa shape index (κ2) is 9.67. The Morgan fingerprint density at radius 2 is 1.97 bits per heavy atom. The van der Waals surface area contributed by atoms with Crippen LogP contribution in [0.1, 0.15) is 37.6 Å². The molecule has 0 radical (unpaired) electrons. The summed E-state index contributed by atoms with van der Waals surface area (Å²) in [6.45, 7) is 6.40. The van der Waals surface area contributed by atoms with Crippen molar-refractivity contribution in [3.63, 3.8) is 0 Å². The summed E-state index contributed by atoms with van der Waals surface area (Å²) in [6.07, 6.45) is 1.60. The van der Waals surface area contributed by atoms with Gasteiger partial charge in [-0.15, -0.1) is 4.68 Å². The fraction of sp³-hybridized carbons (Fsp3) is 0.273. The number of nitro benzene ring substituents is 1. The molecule has 34 heavy (non-hydrogen) atoms. The van der Waals surface area contributed by atoms with Crippen molar-refractivity contribution in [3.8, 4) is 11.5 Å². The third-order valence-electron chi connectivity index (χ3n) is 4.33. The van der Waals surface area contributed by atoms with Gasteiger partial charge in [0.25, 0.3) is 5.56 Å². The molecular formula is C22H20BrFN4O6. The van der Waals surface area contributed by atoms with E-state index in [9.17, 15) is 19.7 Å². The number of aryl methyl sites for hydroxylation is 1. The number of aromatic nitrogens is 3. The molecule has 0 bridgehead atoms. The van der Waals surface area contributed by atoms with Gasteiger partial charge in [0.05, 0.1) is 16.8 Å². The summed E-state index contributed by atoms with van der Waals surface area (Å²) in [4.78, 5) is 39.4. The van der Waals surface area contributed by atoms with Crippen molar-refractivity contribution >= 4 is 27.7 Å². The molecule has 178 valence electrons. The molecule has 0 spiro atoms. The molecule has 0 saturated heterocycles. The first-order valence-corrected chi connectivity index (χ1v) is 10.7. The number of hydrogen-bond acceptors (Lipinski definition) is 8. The average molecular weight is 535 g/mol. The Kier molecular flexibility index (Phi) is 7.10. The molecular weight excluding hydrogens is 515 g/mol. The predicted octanol–water partition coefficient (Wildman–Crippen LogP) is 4.92. The van der Waals surface area contributed by atoms with Crippen molar-refractivity contribution in [2.45, 2.75) is 39.7 Å². The molecule has 10 nitrogen and oxygen atoms in total. The Labute approximate surface area is 201 Å². The van der Waals surface area contributed by atoms with Gasteiger partial charge in [0.1, 0.15) is 11.4 Å². The molecule has 3 rings (SSSR count). The molecule has 0 saturated carbocycles. The van der Waals surface area contributed by atoms with Gasteiger partial charge in [-0.25, -0.2) is 9.18 Å². The summed E-state index contributed by atoms with van der Waals surface area (Å²) in [6, 6.07) is 5.21. The van der Waals surface area contributed by atoms with Gasteiger partial charge < -0.3 is 9.47 Å². The number of benzene rings is 1. The van der Waals surface area contributed by atoms with Crippen LogP contribution in [0.3, 0.4) is 0 Å². The number of nitrogens with zero attached hydrogens (tertiary/aromatic N) is 4. The van der Waals surface area contributed by atoms with E-state index >= 15 is 4.39 Å². The number of pyridine rings is 1. The van der Waals surface area contributed by atoms with Crippen molar-refractivity contribution in [2.24, 2.45) is 0 Å². The second-order valence-corrected chi connectivity index (χ2v) is 9.19. The Balaban J connectivity index is 2.02. The van der Waals surface area contributed by atoms with E-state index < -0.39 is 39.4 Å². The minimum absolute atomic E-state index is 0.00448. The average Bonchev–Trinajstić information content (AvgIpc) is 2.72. The minimum Gasteiger partial charge on any atom is -0.445 e. The Morgan fingerprint density at radius 1 is 1.26 bits per heavy atom. The first kappa shape index (κ1) is 25.0. The number of ether oxygens (including phenoxy) is 2. The molecule has 1 aromatic carbocycles. The van der Waals surface area contributed by atoms with Gasteiger partial charge in [-0.05, 0) is 67.4 Å². The number of nitro groups is 1. The van der Waals surface area contributed by atoms with Gasteiger partial charge in [-0.2, -0.15) is 5.10 Å². The number of halogens is 2. The fourth-order valence-corrected chi connectivity index (χ4v) is 3.27. The minimum atomic E-state index is -0.983. The summed E-state index contributed by atoms with van der Waals surface area (Å²) < 4.78 is 27.2. The quantitative estimate of drug-likeness (QED) is 0.333. The summed E-state index contributed by atoms with van der Waals surface area (Å²) in [5.74, 6) is -1.50. The molecule has 0 fully saturated rings. The maximum atomic E-state index is 15.4. The summed E-state index contributed by atoms with van der Waals surface area (Å²) in [5.41, 5.74) is -1.75. The van der Waals surface area contributed by atoms with E-state index in [1.165, 1.54) is 37.5 Å². The van der Waals surface area contributed by atoms with E-state index in [0.29, 0.717) is 9.15 Å². The molecule has 0 N–H and O–H groups in total. The largest absolute Gasteiger partial charge is 0.445 e. The van der Waals surface area contributed by atoms with Crippen LogP contribution in [-0.4, -0.2) is 31.4 Å². The zero-order chi connectivity index (χ0) is 25.2. The van der Waals surface area contributed by atoms with E-state index in [1.54, 1.807) is 20.8 Å². The Bertz CT molecular complexity index is 1340. The molecule has 0 amide bonds. The number of carbonyl (C=O) groups is 1. The number of rotatable bonds is 5. The molecule has 0 unspecified atom stereocenters. The molecule has 2 heterocycles. The molecule has 0 aliphatic heterocycles. The first-order chi connectivity index (χ1) is 15.9. The zero-order valence-electron chi connectivity index (χ0n) is 18.7. The summed E-state index contributed by atoms with van der Waals surface area (Å²) >= 11 is 3.21. The lowest BCUT2D eigenvalue weighted by Crippen LogP contribution is -2.36. The Hall–Kier alpha value is -3.67. The fourth-order valence-electron chi connectivity index (χ4n) is 2.92. The SMILES string of the molecule is Cc1cc(Cc2ccc([N+](=O)[O-])c(Oc3cncc(Br)c3)c2F)nn(C(=O)OC(C)(C)C)c1=O. The van der Waals surface area contributed by atoms with Crippen molar-refractivity contribution < 1.29 is 23.6 Å². The van der Waals surface area contributed by atoms with Crippen molar-refractivity contribution in [1.29, 1.82) is 0 Å². The Morgan fingerprint density at radius 3 is 2.59 bits per heavy atom. The highest BCUT2D eigenvalue weighted by Crippen LogP contribution is 2.36. The predicted molar refractivity (Wildman–Crippen MR) is 123 cm³/mol. The zero-order valence-corrected chi connectivity index (χ0v) is 20.3. The van der Waals surface area contributed by atoms with Crippen LogP contribution >= 0.6 is 15.9 Å². The highest BCUT2D eigenvalue weighted by Gasteiger charge is 2.25. The smallest absolute Gasteiger partial charge is 0.438 e. The van der Waals surface area contributed by atoms with Crippen LogP contribution in [-0.2, 0) is 11.2 Å². The summed E-state index contributed by atoms with van der Waals surface area (Å²) in [5, 5.41) is 15.5. The van der Waals surface area contributed by atoms with Gasteiger partial charge >= 0.3 is 11.8 Å². The van der Waals surface area contributed by atoms with E-state index in [2.05, 4.69) is 26.0 Å². The van der Waals surface area contributed by atoms with Crippen LogP contribution in [0.25, 0.3) is 0 Å². The van der Waals surface area contributed by atoms with E-state index in [4.69, 9.17) is 9.47 Å². The normalized spacial score (nSPS) is 11.2. The van der Waals surface area contributed by atoms with Gasteiger partial charge in [0.15, 0.2) is 5.82 Å². The topological polar surface area (TPSA) is 126 Å². The van der Waals surface area contributed by atoms with Gasteiger partial charge in [0, 0.05) is 28.7 Å². The van der Waals surface area contributed by atoms with E-state index in [-0.39, 0.29) is 29.0 Å². The molecule has 0 atom stereocenters. The lowest BCUT2D eigenvalue weighted by molar-refractivity contribution is -0.385. The van der Waals surface area contributed by atoms with Crippen LogP contribution in [0.15, 0.2) is 45.9 Å². The van der Waals surface area contributed by atoms with Crippen molar-refractivity contribution in [2.75, 3.05) is 0 Å². The molecule has 3 aromatic rings. The highest BCUT2D eigenvalue weighted by atomic mass is 79.9. The maximum absolute atomic E-state index is 15.4. The lowest BCUT2D eigenvalue weighted by Gasteiger charge is -2.19. The highest BCUT2D eigenvalue weighted by molar-refractivity contribution is 9.10. The van der Waals surface area contributed by atoms with Crippen molar-refractivity contribution in [1.82, 2.24) is 14.8 Å². The van der Waals surface area contributed by atoms with Crippen LogP contribution < -0.4 is 10.3 Å². The molecule has 0 aliphatic carbocycles. The lowest BCUT2D eigenvalue weighted by atomic mass is 10.1. The number of carbonyl (C=O) groups excluding carboxylic acids is 1. The van der Waals surface area contributed by atoms with Crippen molar-refractivity contribution in [3.05, 3.63) is 84.2 Å². The van der Waals surface area contributed by atoms with Crippen LogP contribution in [0.2, 0.25) is 0 Å². The van der Waals surface area contributed by atoms with E-state index in [1.807, 2.05) is 0 Å². The van der Waals surface area contributed by atoms with E-state index in [0.717, 1.165) is 6.07 Å². The third-order valence-corrected chi connectivity index (χ3v) is 4.77. The maximum Gasteiger partial charge on any atom is 0.438 e. The molecule has 2 aromatic heterocycles. The summed E-state index contributed by atoms with van der Waals surface area (Å²) in [7, 11) is 0. The standard InChI is InChI=1S/C22H20BrFN4O6/c1-12-7-15(26-27(20(12)29)21(30)34-22(2,3)4)8-13-5-6-17(28(31)32)19(18(13)24)33-16-9-14(23)10-25-11-16/h5-7,9-11H,8H2,1-4H3. The molecule has 0 aliphatic rings. The van der Waals surface area contributed by atoms with Gasteiger partial charge in [-0.3, -0.25) is 19.9 Å². The van der Waals surface area contributed by atoms with Gasteiger partial charge in [0.2, 0.25) is 5.75 Å². The van der Waals surface area contributed by atoms with Crippen LogP contribution in [0.5, 0.6) is 11.5 Å².